The van der Waals surface area contributed by atoms with Crippen molar-refractivity contribution in [2.75, 3.05) is 13.1 Å². The van der Waals surface area contributed by atoms with Gasteiger partial charge in [0.05, 0.1) is 6.04 Å². The molecule has 0 bridgehead atoms. The summed E-state index contributed by atoms with van der Waals surface area (Å²) in [5, 5.41) is 0. The maximum atomic E-state index is 11.6. The second kappa shape index (κ2) is 3.21. The molecular formula is C10H19N3O. The average molecular weight is 197 g/mol. The zero-order valence-corrected chi connectivity index (χ0v) is 8.70. The smallest absolute Gasteiger partial charge is 0.239 e. The summed E-state index contributed by atoms with van der Waals surface area (Å²) in [7, 11) is 0. The van der Waals surface area contributed by atoms with E-state index in [1.54, 1.807) is 6.92 Å². The minimum Gasteiger partial charge on any atom is -0.341 e. The van der Waals surface area contributed by atoms with Gasteiger partial charge in [0, 0.05) is 19.1 Å². The van der Waals surface area contributed by atoms with Crippen LogP contribution < -0.4 is 11.5 Å². The van der Waals surface area contributed by atoms with Gasteiger partial charge in [0.1, 0.15) is 0 Å². The lowest BCUT2D eigenvalue weighted by molar-refractivity contribution is -0.131. The monoisotopic (exact) mass is 197 g/mol. The highest BCUT2D eigenvalue weighted by molar-refractivity contribution is 5.81. The lowest BCUT2D eigenvalue weighted by Crippen LogP contribution is -2.49. The van der Waals surface area contributed by atoms with Crippen LogP contribution in [0.5, 0.6) is 0 Å². The normalized spacial score (nSPS) is 38.5. The third-order valence-corrected chi connectivity index (χ3v) is 3.53. The van der Waals surface area contributed by atoms with Crippen LogP contribution in [0.3, 0.4) is 0 Å². The molecule has 2 fully saturated rings. The highest BCUT2D eigenvalue weighted by Gasteiger charge is 2.48. The van der Waals surface area contributed by atoms with Gasteiger partial charge in [-0.15, -0.1) is 0 Å². The van der Waals surface area contributed by atoms with Gasteiger partial charge in [0.15, 0.2) is 0 Å². The van der Waals surface area contributed by atoms with Crippen molar-refractivity contribution < 1.29 is 4.79 Å². The van der Waals surface area contributed by atoms with Crippen molar-refractivity contribution in [1.82, 2.24) is 4.90 Å². The molecule has 1 amide bonds. The van der Waals surface area contributed by atoms with Gasteiger partial charge in [-0.1, -0.05) is 0 Å². The Hall–Kier alpha value is -0.610. The van der Waals surface area contributed by atoms with Crippen LogP contribution in [0.4, 0.5) is 0 Å². The second-order valence-corrected chi connectivity index (χ2v) is 4.97. The van der Waals surface area contributed by atoms with E-state index in [1.165, 1.54) is 0 Å². The van der Waals surface area contributed by atoms with Crippen LogP contribution in [-0.4, -0.2) is 36.0 Å². The van der Waals surface area contributed by atoms with Crippen LogP contribution >= 0.6 is 0 Å². The average Bonchev–Trinajstić information content (AvgIpc) is 2.47. The third-order valence-electron chi connectivity index (χ3n) is 3.53. The van der Waals surface area contributed by atoms with E-state index in [9.17, 15) is 4.79 Å². The molecule has 2 rings (SSSR count). The first-order chi connectivity index (χ1) is 6.52. The predicted molar refractivity (Wildman–Crippen MR) is 54.5 cm³/mol. The maximum absolute atomic E-state index is 11.6. The van der Waals surface area contributed by atoms with Crippen LogP contribution in [-0.2, 0) is 4.79 Å². The maximum Gasteiger partial charge on any atom is 0.239 e. The first-order valence-corrected chi connectivity index (χ1v) is 5.32. The van der Waals surface area contributed by atoms with Gasteiger partial charge in [-0.25, -0.2) is 0 Å². The molecule has 0 aromatic rings. The van der Waals surface area contributed by atoms with E-state index >= 15 is 0 Å². The van der Waals surface area contributed by atoms with Gasteiger partial charge >= 0.3 is 0 Å². The predicted octanol–water partition coefficient (Wildman–Crippen LogP) is -0.327. The highest BCUT2D eigenvalue weighted by atomic mass is 16.2. The number of carbonyl (C=O) groups excluding carboxylic acids is 1. The van der Waals surface area contributed by atoms with E-state index in [2.05, 4.69) is 0 Å². The Bertz CT molecular complexity index is 246. The molecule has 1 spiro atoms. The van der Waals surface area contributed by atoms with Crippen molar-refractivity contribution >= 4 is 5.91 Å². The van der Waals surface area contributed by atoms with Gasteiger partial charge in [-0.05, 0) is 31.6 Å². The molecule has 4 N–H and O–H groups in total. The topological polar surface area (TPSA) is 72.4 Å². The van der Waals surface area contributed by atoms with Crippen LogP contribution in [0.25, 0.3) is 0 Å². The first-order valence-electron chi connectivity index (χ1n) is 5.32. The van der Waals surface area contributed by atoms with Crippen molar-refractivity contribution in [3.63, 3.8) is 0 Å². The number of nitrogens with zero attached hydrogens (tertiary/aromatic N) is 1. The molecule has 0 aromatic carbocycles. The van der Waals surface area contributed by atoms with Crippen molar-refractivity contribution in [3.05, 3.63) is 0 Å². The van der Waals surface area contributed by atoms with Crippen LogP contribution in [0, 0.1) is 5.41 Å². The number of amides is 1. The molecule has 1 aliphatic heterocycles. The zero-order valence-electron chi connectivity index (χ0n) is 8.70. The van der Waals surface area contributed by atoms with Crippen molar-refractivity contribution in [3.8, 4) is 0 Å². The number of rotatable bonds is 1. The lowest BCUT2D eigenvalue weighted by Gasteiger charge is -2.43. The quantitative estimate of drug-likeness (QED) is 0.605. The number of likely N-dealkylation sites (tertiary alicyclic amines) is 1. The Kier molecular flexibility index (Phi) is 2.27. The Morgan fingerprint density at radius 3 is 2.71 bits per heavy atom. The first kappa shape index (κ1) is 9.93. The van der Waals surface area contributed by atoms with Gasteiger partial charge in [0.2, 0.25) is 5.91 Å². The summed E-state index contributed by atoms with van der Waals surface area (Å²) in [5.41, 5.74) is 11.7. The van der Waals surface area contributed by atoms with E-state index in [-0.39, 0.29) is 11.9 Å². The van der Waals surface area contributed by atoms with Gasteiger partial charge < -0.3 is 16.4 Å². The summed E-state index contributed by atoms with van der Waals surface area (Å²) >= 11 is 0. The van der Waals surface area contributed by atoms with Crippen LogP contribution in [0.15, 0.2) is 0 Å². The minimum atomic E-state index is -0.362. The molecule has 4 heteroatoms. The van der Waals surface area contributed by atoms with E-state index in [4.69, 9.17) is 11.5 Å². The Morgan fingerprint density at radius 1 is 1.57 bits per heavy atom. The minimum absolute atomic E-state index is 0.0855. The van der Waals surface area contributed by atoms with E-state index in [1.807, 2.05) is 4.90 Å². The fourth-order valence-corrected chi connectivity index (χ4v) is 2.80. The highest BCUT2D eigenvalue weighted by Crippen LogP contribution is 2.47. The number of nitrogens with two attached hydrogens (primary N) is 2. The van der Waals surface area contributed by atoms with Gasteiger partial charge in [0.25, 0.3) is 0 Å². The van der Waals surface area contributed by atoms with Crippen LogP contribution in [0.2, 0.25) is 0 Å². The Labute approximate surface area is 84.6 Å². The second-order valence-electron chi connectivity index (χ2n) is 4.97. The molecule has 1 saturated heterocycles. The standard InChI is InChI=1S/C10H19N3O/c1-7(11)9(14)13-3-2-10(6-13)4-8(12)5-10/h7-8H,2-6,11-12H2,1H3. The molecule has 1 heterocycles. The molecule has 80 valence electrons. The molecule has 1 aliphatic carbocycles. The third kappa shape index (κ3) is 1.53. The summed E-state index contributed by atoms with van der Waals surface area (Å²) in [4.78, 5) is 13.5. The molecule has 1 atom stereocenters. The van der Waals surface area contributed by atoms with E-state index in [0.29, 0.717) is 11.5 Å². The summed E-state index contributed by atoms with van der Waals surface area (Å²) in [6, 6.07) is -0.000693. The Balaban J connectivity index is 1.92. The van der Waals surface area contributed by atoms with Crippen molar-refractivity contribution in [1.29, 1.82) is 0 Å². The molecule has 14 heavy (non-hydrogen) atoms. The number of hydrogen-bond donors (Lipinski definition) is 2. The fraction of sp³-hybridized carbons (Fsp3) is 0.900. The van der Waals surface area contributed by atoms with Gasteiger partial charge in [-0.3, -0.25) is 4.79 Å². The van der Waals surface area contributed by atoms with Crippen LogP contribution in [0.1, 0.15) is 26.2 Å². The number of hydrogen-bond acceptors (Lipinski definition) is 3. The van der Waals surface area contributed by atoms with Gasteiger partial charge in [-0.2, -0.15) is 0 Å². The molecule has 0 radical (unpaired) electrons. The summed E-state index contributed by atoms with van der Waals surface area (Å²) in [5.74, 6) is 0.0855. The SMILES string of the molecule is CC(N)C(=O)N1CCC2(CC(N)C2)C1. The lowest BCUT2D eigenvalue weighted by atomic mass is 9.65. The van der Waals surface area contributed by atoms with E-state index in [0.717, 1.165) is 32.4 Å². The summed E-state index contributed by atoms with van der Waals surface area (Å²) in [6.45, 7) is 3.49. The molecule has 0 aromatic heterocycles. The molecule has 4 nitrogen and oxygen atoms in total. The fourth-order valence-electron chi connectivity index (χ4n) is 2.80. The molecule has 2 aliphatic rings. The molecular weight excluding hydrogens is 178 g/mol. The van der Waals surface area contributed by atoms with E-state index < -0.39 is 0 Å². The summed E-state index contributed by atoms with van der Waals surface area (Å²) in [6.07, 6.45) is 3.27. The number of carbonyl (C=O) groups is 1. The van der Waals surface area contributed by atoms with Crippen molar-refractivity contribution in [2.45, 2.75) is 38.3 Å². The zero-order chi connectivity index (χ0) is 10.3. The summed E-state index contributed by atoms with van der Waals surface area (Å²) < 4.78 is 0. The Morgan fingerprint density at radius 2 is 2.21 bits per heavy atom. The largest absolute Gasteiger partial charge is 0.341 e. The molecule has 1 unspecified atom stereocenters. The molecule has 1 saturated carbocycles. The van der Waals surface area contributed by atoms with Crippen molar-refractivity contribution in [2.24, 2.45) is 16.9 Å².